The second kappa shape index (κ2) is 10.9. The van der Waals surface area contributed by atoms with Gasteiger partial charge in [0.15, 0.2) is 0 Å². The first-order valence-corrected chi connectivity index (χ1v) is 10.2. The molecule has 32 heavy (non-hydrogen) atoms. The highest BCUT2D eigenvalue weighted by Gasteiger charge is 2.29. The number of aromatic amines is 1. The molecule has 9 nitrogen and oxygen atoms in total. The summed E-state index contributed by atoms with van der Waals surface area (Å²) in [5.41, 5.74) is 3.58. The number of hydrogen-bond acceptors (Lipinski definition) is 5. The maximum Gasteiger partial charge on any atom is 0.290 e. The number of carboxylic acid groups (broad SMARTS) is 1. The van der Waals surface area contributed by atoms with Crippen LogP contribution in [-0.2, 0) is 16.1 Å². The number of rotatable bonds is 6. The molecule has 0 saturated carbocycles. The van der Waals surface area contributed by atoms with Crippen molar-refractivity contribution in [2.24, 2.45) is 0 Å². The van der Waals surface area contributed by atoms with E-state index < -0.39 is 0 Å². The average Bonchev–Trinajstić information content (AvgIpc) is 3.39. The number of aromatic nitrogens is 3. The van der Waals surface area contributed by atoms with E-state index in [0.717, 1.165) is 23.4 Å². The van der Waals surface area contributed by atoms with Gasteiger partial charge in [0.1, 0.15) is 5.69 Å². The van der Waals surface area contributed by atoms with E-state index in [1.165, 1.54) is 0 Å². The van der Waals surface area contributed by atoms with Gasteiger partial charge >= 0.3 is 0 Å². The van der Waals surface area contributed by atoms with E-state index in [0.29, 0.717) is 30.8 Å². The molecule has 1 saturated heterocycles. The number of pyridine rings is 1. The van der Waals surface area contributed by atoms with Crippen molar-refractivity contribution in [2.45, 2.75) is 32.4 Å². The standard InChI is InChI=1S/C22H23N5O2.CH2O2/c1-15-20(21(26-25-15)16-7-3-2-4-8-16)22(29)27(13-17-9-5-6-12-23-17)14-18-10-11-19(28)24-18;2-1-3/h2-9,12,18H,10-11,13-14H2,1H3,(H,24,28)(H,25,26);1H,(H,2,3)/t18-;/m0./s1. The van der Waals surface area contributed by atoms with Crippen molar-refractivity contribution in [3.63, 3.8) is 0 Å². The lowest BCUT2D eigenvalue weighted by Gasteiger charge is -2.26. The summed E-state index contributed by atoms with van der Waals surface area (Å²) in [6.45, 7) is 2.40. The molecule has 1 fully saturated rings. The molecule has 0 bridgehead atoms. The van der Waals surface area contributed by atoms with Crippen LogP contribution in [0.5, 0.6) is 0 Å². The van der Waals surface area contributed by atoms with Crippen LogP contribution in [0.2, 0.25) is 0 Å². The molecule has 2 aromatic heterocycles. The molecule has 2 amide bonds. The predicted octanol–water partition coefficient (Wildman–Crippen LogP) is 2.40. The highest BCUT2D eigenvalue weighted by Crippen LogP contribution is 2.26. The van der Waals surface area contributed by atoms with Crippen molar-refractivity contribution in [3.05, 3.63) is 71.7 Å². The van der Waals surface area contributed by atoms with E-state index in [-0.39, 0.29) is 24.3 Å². The highest BCUT2D eigenvalue weighted by molar-refractivity contribution is 6.01. The molecule has 1 aromatic carbocycles. The number of hydrogen-bond donors (Lipinski definition) is 3. The van der Waals surface area contributed by atoms with Gasteiger partial charge in [-0.15, -0.1) is 0 Å². The van der Waals surface area contributed by atoms with Gasteiger partial charge < -0.3 is 15.3 Å². The van der Waals surface area contributed by atoms with Crippen molar-refractivity contribution in [2.75, 3.05) is 6.54 Å². The fraction of sp³-hybridized carbons (Fsp3) is 0.261. The Labute approximate surface area is 185 Å². The van der Waals surface area contributed by atoms with E-state index in [1.54, 1.807) is 11.1 Å². The van der Waals surface area contributed by atoms with Crippen LogP contribution in [0.4, 0.5) is 0 Å². The van der Waals surface area contributed by atoms with Crippen LogP contribution in [0.3, 0.4) is 0 Å². The summed E-state index contributed by atoms with van der Waals surface area (Å²) in [6.07, 6.45) is 2.94. The summed E-state index contributed by atoms with van der Waals surface area (Å²) in [4.78, 5) is 39.7. The maximum absolute atomic E-state index is 13.6. The number of carbonyl (C=O) groups is 3. The molecule has 166 valence electrons. The van der Waals surface area contributed by atoms with Crippen LogP contribution in [0, 0.1) is 6.92 Å². The number of aryl methyl sites for hydroxylation is 1. The number of nitrogens with zero attached hydrogens (tertiary/aromatic N) is 3. The van der Waals surface area contributed by atoms with Crippen molar-refractivity contribution >= 4 is 18.3 Å². The minimum atomic E-state index is -0.250. The second-order valence-electron chi connectivity index (χ2n) is 7.35. The van der Waals surface area contributed by atoms with Gasteiger partial charge in [0.2, 0.25) is 5.91 Å². The van der Waals surface area contributed by atoms with E-state index in [4.69, 9.17) is 9.90 Å². The van der Waals surface area contributed by atoms with Gasteiger partial charge in [0.25, 0.3) is 12.4 Å². The van der Waals surface area contributed by atoms with Crippen molar-refractivity contribution < 1.29 is 19.5 Å². The molecular formula is C23H25N5O4. The van der Waals surface area contributed by atoms with Crippen LogP contribution in [-0.4, -0.2) is 56.1 Å². The number of carbonyl (C=O) groups excluding carboxylic acids is 2. The Morgan fingerprint density at radius 1 is 1.22 bits per heavy atom. The van der Waals surface area contributed by atoms with Gasteiger partial charge in [0, 0.05) is 36.5 Å². The maximum atomic E-state index is 13.6. The normalized spacial score (nSPS) is 14.8. The third kappa shape index (κ3) is 5.57. The molecule has 0 aliphatic carbocycles. The van der Waals surface area contributed by atoms with Gasteiger partial charge in [-0.1, -0.05) is 36.4 Å². The molecule has 4 rings (SSSR count). The largest absolute Gasteiger partial charge is 0.483 e. The highest BCUT2D eigenvalue weighted by atomic mass is 16.3. The SMILES string of the molecule is Cc1[nH]nc(-c2ccccc2)c1C(=O)N(Cc1ccccn1)C[C@@H]1CCC(=O)N1.O=CO. The molecule has 1 aliphatic rings. The third-order valence-electron chi connectivity index (χ3n) is 5.10. The minimum Gasteiger partial charge on any atom is -0.483 e. The van der Waals surface area contributed by atoms with Crippen LogP contribution in [0.15, 0.2) is 54.7 Å². The van der Waals surface area contributed by atoms with Crippen molar-refractivity contribution in [1.82, 2.24) is 25.4 Å². The van der Waals surface area contributed by atoms with Crippen LogP contribution in [0.25, 0.3) is 11.3 Å². The molecule has 1 atom stereocenters. The Kier molecular flexibility index (Phi) is 7.69. The molecule has 9 heteroatoms. The summed E-state index contributed by atoms with van der Waals surface area (Å²) >= 11 is 0. The molecular weight excluding hydrogens is 410 g/mol. The van der Waals surface area contributed by atoms with Crippen molar-refractivity contribution in [3.8, 4) is 11.3 Å². The molecule has 3 N–H and O–H groups in total. The zero-order valence-electron chi connectivity index (χ0n) is 17.7. The first kappa shape index (κ1) is 22.7. The lowest BCUT2D eigenvalue weighted by atomic mass is 10.0. The summed E-state index contributed by atoms with van der Waals surface area (Å²) < 4.78 is 0. The van der Waals surface area contributed by atoms with Gasteiger partial charge in [0.05, 0.1) is 17.8 Å². The summed E-state index contributed by atoms with van der Waals surface area (Å²) in [5, 5.41) is 17.2. The second-order valence-corrected chi connectivity index (χ2v) is 7.35. The Morgan fingerprint density at radius 3 is 2.56 bits per heavy atom. The van der Waals surface area contributed by atoms with Crippen molar-refractivity contribution in [1.29, 1.82) is 0 Å². The summed E-state index contributed by atoms with van der Waals surface area (Å²) in [7, 11) is 0. The number of nitrogens with one attached hydrogen (secondary N) is 2. The van der Waals surface area contributed by atoms with E-state index in [2.05, 4.69) is 20.5 Å². The minimum absolute atomic E-state index is 0.0321. The summed E-state index contributed by atoms with van der Waals surface area (Å²) in [5.74, 6) is -0.0911. The smallest absolute Gasteiger partial charge is 0.290 e. The number of H-pyrrole nitrogens is 1. The predicted molar refractivity (Wildman–Crippen MR) is 118 cm³/mol. The Hall–Kier alpha value is -4.01. The molecule has 0 unspecified atom stereocenters. The van der Waals surface area contributed by atoms with Gasteiger partial charge in [-0.05, 0) is 25.5 Å². The topological polar surface area (TPSA) is 128 Å². The van der Waals surface area contributed by atoms with Gasteiger partial charge in [-0.25, -0.2) is 0 Å². The lowest BCUT2D eigenvalue weighted by Crippen LogP contribution is -2.42. The molecule has 0 spiro atoms. The first-order chi connectivity index (χ1) is 15.5. The number of amides is 2. The fourth-order valence-corrected chi connectivity index (χ4v) is 3.64. The average molecular weight is 435 g/mol. The fourth-order valence-electron chi connectivity index (χ4n) is 3.64. The van der Waals surface area contributed by atoms with Crippen LogP contribution >= 0.6 is 0 Å². The molecule has 3 aromatic rings. The van der Waals surface area contributed by atoms with Gasteiger partial charge in [-0.2, -0.15) is 5.10 Å². The Balaban J connectivity index is 0.000000913. The Morgan fingerprint density at radius 2 is 1.94 bits per heavy atom. The van der Waals surface area contributed by atoms with E-state index in [9.17, 15) is 9.59 Å². The Bertz CT molecular complexity index is 1050. The third-order valence-corrected chi connectivity index (χ3v) is 5.10. The van der Waals surface area contributed by atoms with Crippen LogP contribution in [0.1, 0.15) is 34.6 Å². The molecule has 1 aliphatic heterocycles. The van der Waals surface area contributed by atoms with Gasteiger partial charge in [-0.3, -0.25) is 24.5 Å². The first-order valence-electron chi connectivity index (χ1n) is 10.2. The molecule has 0 radical (unpaired) electrons. The van der Waals surface area contributed by atoms with E-state index in [1.807, 2.05) is 55.5 Å². The zero-order chi connectivity index (χ0) is 22.9. The number of benzene rings is 1. The van der Waals surface area contributed by atoms with Crippen LogP contribution < -0.4 is 5.32 Å². The monoisotopic (exact) mass is 435 g/mol. The molecule has 3 heterocycles. The van der Waals surface area contributed by atoms with E-state index >= 15 is 0 Å². The lowest BCUT2D eigenvalue weighted by molar-refractivity contribution is -0.123. The summed E-state index contributed by atoms with van der Waals surface area (Å²) in [6, 6.07) is 15.2. The quantitative estimate of drug-likeness (QED) is 0.510. The zero-order valence-corrected chi connectivity index (χ0v) is 17.7.